The third-order valence-electron chi connectivity index (χ3n) is 4.33. The largest absolute Gasteiger partial charge is 0.652 e. The number of aromatic nitrogens is 9. The molecule has 0 amide bonds. The van der Waals surface area contributed by atoms with E-state index in [1.807, 2.05) is 0 Å². The van der Waals surface area contributed by atoms with Crippen LogP contribution in [0.4, 0.5) is 23.5 Å². The third-order valence-corrected chi connectivity index (χ3v) is 4.33. The average Bonchev–Trinajstić information content (AvgIpc) is 2.87. The molecule has 0 fully saturated rings. The van der Waals surface area contributed by atoms with Crippen molar-refractivity contribution in [3.8, 4) is 17.6 Å². The van der Waals surface area contributed by atoms with Gasteiger partial charge in [-0.15, -0.1) is 0 Å². The fraction of sp³-hybridized carbons (Fsp3) is 0.0526. The van der Waals surface area contributed by atoms with Gasteiger partial charge in [-0.1, -0.05) is 0 Å². The zero-order chi connectivity index (χ0) is 25.7. The van der Waals surface area contributed by atoms with Crippen LogP contribution >= 0.6 is 0 Å². The Balaban J connectivity index is 0.00000253. The molecule has 4 heterocycles. The summed E-state index contributed by atoms with van der Waals surface area (Å²) >= 11 is 0. The van der Waals surface area contributed by atoms with Crippen LogP contribution in [0.2, 0.25) is 0 Å². The van der Waals surface area contributed by atoms with Crippen LogP contribution in [0.1, 0.15) is 11.5 Å². The first-order valence-corrected chi connectivity index (χ1v) is 9.71. The van der Waals surface area contributed by atoms with Crippen LogP contribution in [0.3, 0.4) is 0 Å². The van der Waals surface area contributed by atoms with Gasteiger partial charge in [0.05, 0.1) is 6.42 Å². The molecule has 4 rings (SSSR count). The maximum absolute atomic E-state index is 12.3. The van der Waals surface area contributed by atoms with Gasteiger partial charge in [-0.2, -0.15) is 51.6 Å². The third kappa shape index (κ3) is 6.16. The molecule has 17 nitrogen and oxygen atoms in total. The Hall–Kier alpha value is -8.35. The Kier molecular flexibility index (Phi) is 8.59. The van der Waals surface area contributed by atoms with Crippen molar-refractivity contribution in [3.05, 3.63) is 81.7 Å². The second-order valence-corrected chi connectivity index (χ2v) is 6.69. The number of rotatable bonds is 9. The van der Waals surface area contributed by atoms with E-state index < -0.39 is 16.3 Å². The Morgan fingerprint density at radius 1 is 0.641 bits per heavy atom. The van der Waals surface area contributed by atoms with Crippen molar-refractivity contribution in [1.29, 1.82) is 0 Å². The molecule has 0 bridgehead atoms. The van der Waals surface area contributed by atoms with E-state index in [1.165, 1.54) is 0 Å². The van der Waals surface area contributed by atoms with E-state index in [4.69, 9.17) is 4.74 Å². The number of nitrogens with zero attached hydrogens (tertiary/aromatic N) is 6. The summed E-state index contributed by atoms with van der Waals surface area (Å²) in [5.74, 6) is -0.490. The van der Waals surface area contributed by atoms with E-state index in [0.717, 1.165) is 18.2 Å². The predicted octanol–water partition coefficient (Wildman–Crippen LogP) is -0.289. The van der Waals surface area contributed by atoms with Gasteiger partial charge in [0.15, 0.2) is 17.6 Å². The molecule has 192 valence electrons. The van der Waals surface area contributed by atoms with Crippen molar-refractivity contribution in [2.45, 2.75) is 6.42 Å². The molecule has 0 spiro atoms. The van der Waals surface area contributed by atoms with E-state index in [1.54, 1.807) is 0 Å². The molecule has 0 saturated carbocycles. The van der Waals surface area contributed by atoms with Gasteiger partial charge >= 0.3 is 0 Å². The Labute approximate surface area is 200 Å². The van der Waals surface area contributed by atoms with Crippen LogP contribution in [0, 0.1) is 21.3 Å². The maximum atomic E-state index is 12.3. The van der Waals surface area contributed by atoms with Gasteiger partial charge < -0.3 is 24.8 Å². The first-order valence-electron chi connectivity index (χ1n) is 9.71. The molecule has 0 atom stereocenters. The van der Waals surface area contributed by atoms with Gasteiger partial charge in [-0.25, -0.2) is 15.3 Å². The SMILES string of the molecule is [CH2-]Oc1cc(=O)c(Cc2nc(Nc3n[nH]c(O[CH2-])cc3=O)nc(Nc3n[nH]c(O[CH2-])cc3=O)n2)n[nH]1.[Rf].[Rf].[Rf]. The summed E-state index contributed by atoms with van der Waals surface area (Å²) in [6.07, 6.45) is -0.158. The molecule has 0 aliphatic carbocycles. The summed E-state index contributed by atoms with van der Waals surface area (Å²) in [5, 5.41) is 24.3. The number of H-pyrrole nitrogens is 3. The number of nitrogens with one attached hydrogen (secondary N) is 5. The zero-order valence-electron chi connectivity index (χ0n) is 20.3. The average molecular weight is 1300 g/mol. The molecule has 39 heavy (non-hydrogen) atoms. The summed E-state index contributed by atoms with van der Waals surface area (Å²) < 4.78 is 14.0. The molecule has 4 aromatic rings. The molecule has 0 aliphatic rings. The molecule has 0 radical (unpaired) electrons. The first-order chi connectivity index (χ1) is 17.4. The molecule has 5 N–H and O–H groups in total. The van der Waals surface area contributed by atoms with Crippen LogP contribution in [0.5, 0.6) is 17.6 Å². The predicted molar refractivity (Wildman–Crippen MR) is 122 cm³/mol. The molecular weight excluding hydrogens is 1280 g/mol. The Morgan fingerprint density at radius 3 is 1.44 bits per heavy atom. The first kappa shape index (κ1) is 28.7. The maximum Gasteiger partial charge on any atom is 0.233 e. The van der Waals surface area contributed by atoms with Crippen LogP contribution in [-0.2, 0) is 6.42 Å². The molecule has 4 aromatic heterocycles. The summed E-state index contributed by atoms with van der Waals surface area (Å²) in [6, 6.07) is 3.37. The van der Waals surface area contributed by atoms with Crippen molar-refractivity contribution in [2.75, 3.05) is 10.6 Å². The molecule has 0 aromatic carbocycles. The van der Waals surface area contributed by atoms with E-state index in [-0.39, 0.29) is 59.1 Å². The number of hydrogen-bond donors (Lipinski definition) is 5. The van der Waals surface area contributed by atoms with E-state index >= 15 is 0 Å². The monoisotopic (exact) mass is 1300 g/mol. The van der Waals surface area contributed by atoms with Crippen molar-refractivity contribution in [3.63, 3.8) is 0 Å². The molecule has 0 aliphatic heterocycles. The van der Waals surface area contributed by atoms with E-state index in [0.29, 0.717) is 0 Å². The van der Waals surface area contributed by atoms with Gasteiger partial charge in [0, 0.05) is 18.2 Å². The quantitative estimate of drug-likeness (QED) is 0.136. The summed E-state index contributed by atoms with van der Waals surface area (Å²) in [7, 11) is 9.57. The van der Waals surface area contributed by atoms with Crippen molar-refractivity contribution >= 4 is 23.5 Å². The number of ether oxygens (including phenoxy) is 3. The smallest absolute Gasteiger partial charge is 0.233 e. The summed E-state index contributed by atoms with van der Waals surface area (Å²) in [5.41, 5.74) is -1.56. The number of anilines is 4. The van der Waals surface area contributed by atoms with Gasteiger partial charge in [0.25, 0.3) is 0 Å². The van der Waals surface area contributed by atoms with Gasteiger partial charge in [0.2, 0.25) is 39.8 Å². The van der Waals surface area contributed by atoms with E-state index in [2.05, 4.69) is 87.0 Å². The minimum absolute atomic E-state index is 0. The molecule has 0 unspecified atom stereocenters. The number of aromatic amines is 3. The fourth-order valence-electron chi connectivity index (χ4n) is 2.68. The summed E-state index contributed by atoms with van der Waals surface area (Å²) in [4.78, 5) is 49.4. The van der Waals surface area contributed by atoms with Gasteiger partial charge in [-0.3, -0.25) is 14.4 Å². The van der Waals surface area contributed by atoms with Crippen LogP contribution in [-0.4, -0.2) is 45.5 Å². The molecular formula is C19H16N11O6Rf3-3. The van der Waals surface area contributed by atoms with Crippen LogP contribution in [0.15, 0.2) is 32.6 Å². The minimum Gasteiger partial charge on any atom is -0.652 e. The summed E-state index contributed by atoms with van der Waals surface area (Å²) in [6.45, 7) is 0. The molecule has 0 saturated heterocycles. The molecule has 20 heteroatoms. The van der Waals surface area contributed by atoms with Crippen molar-refractivity contribution in [2.24, 2.45) is 0 Å². The van der Waals surface area contributed by atoms with Crippen molar-refractivity contribution < 1.29 is 14.2 Å². The fourth-order valence-corrected chi connectivity index (χ4v) is 2.68. The second kappa shape index (κ2) is 11.7. The van der Waals surface area contributed by atoms with Crippen LogP contribution < -0.4 is 41.1 Å². The normalized spacial score (nSPS) is 9.72. The number of hydrogen-bond acceptors (Lipinski definition) is 14. The minimum atomic E-state index is -0.562. The topological polar surface area (TPSA) is 228 Å². The Bertz CT molecular complexity index is 1380. The standard InChI is InChI=1S/C19H16N11O6.3Rf/c1-34-13-5-9(31)8(25-26-13)4-12-20-18(22-16-10(32)6-14(35-2)27-29-16)24-19(21-12)23-17-11(33)7-15(36-3)28-30-17;;;/h5-7H,1-4H2,(H,26,31)(H,27,32)(H,28,33)(H2,20,21,22,23,24,29,30);;;/q-3;;;. The van der Waals surface area contributed by atoms with E-state index in [9.17, 15) is 14.4 Å². The van der Waals surface area contributed by atoms with Gasteiger partial charge in [0.1, 0.15) is 11.5 Å². The Morgan fingerprint density at radius 2 is 1.05 bits per heavy atom. The van der Waals surface area contributed by atoms with Crippen molar-refractivity contribution in [1.82, 2.24) is 45.5 Å². The zero-order valence-corrected chi connectivity index (χ0v) is 39.5. The van der Waals surface area contributed by atoms with Crippen LogP contribution in [0.25, 0.3) is 0 Å². The second-order valence-electron chi connectivity index (χ2n) is 6.69. The van der Waals surface area contributed by atoms with Gasteiger partial charge in [-0.05, 0) is 0 Å².